The third-order valence-electron chi connectivity index (χ3n) is 14.9. The molecular formula is C64H43BN2O2. The van der Waals surface area contributed by atoms with E-state index in [1.54, 1.807) is 0 Å². The SMILES string of the molecule is C=C/C=C\C(=C/C)c1ccc(N(c2ccc3c(c2)Oc2cccc4c2B3c2cccc3c5c(n-4c23)-c2ccccc2C5(c2ccccc2)c2ccccc2)c2cccc3oc4ccccc4c23)cc1. The van der Waals surface area contributed by atoms with Crippen LogP contribution in [-0.4, -0.2) is 11.3 Å². The van der Waals surface area contributed by atoms with Crippen LogP contribution >= 0.6 is 0 Å². The summed E-state index contributed by atoms with van der Waals surface area (Å²) in [5.41, 5.74) is 20.1. The Balaban J connectivity index is 0.992. The summed E-state index contributed by atoms with van der Waals surface area (Å²) in [7, 11) is 0. The smallest absolute Gasteiger partial charge is 0.256 e. The predicted molar refractivity (Wildman–Crippen MR) is 287 cm³/mol. The lowest BCUT2D eigenvalue weighted by molar-refractivity contribution is 0.487. The molecule has 324 valence electrons. The lowest BCUT2D eigenvalue weighted by Crippen LogP contribution is -2.58. The molecule has 1 aliphatic carbocycles. The van der Waals surface area contributed by atoms with E-state index in [1.165, 1.54) is 55.3 Å². The van der Waals surface area contributed by atoms with Crippen LogP contribution in [0.4, 0.5) is 17.1 Å². The van der Waals surface area contributed by atoms with Gasteiger partial charge in [-0.15, -0.1) is 0 Å². The van der Waals surface area contributed by atoms with Gasteiger partial charge in [-0.25, -0.2) is 0 Å². The fourth-order valence-corrected chi connectivity index (χ4v) is 12.2. The van der Waals surface area contributed by atoms with Crippen LogP contribution in [-0.2, 0) is 5.41 Å². The van der Waals surface area contributed by atoms with Gasteiger partial charge in [0.25, 0.3) is 6.71 Å². The van der Waals surface area contributed by atoms with E-state index >= 15 is 0 Å². The largest absolute Gasteiger partial charge is 0.458 e. The number of ether oxygens (including phenoxy) is 1. The summed E-state index contributed by atoms with van der Waals surface area (Å²) < 4.78 is 16.3. The Hall–Kier alpha value is -8.80. The summed E-state index contributed by atoms with van der Waals surface area (Å²) in [4.78, 5) is 2.35. The molecule has 2 aromatic heterocycles. The van der Waals surface area contributed by atoms with Gasteiger partial charge in [-0.2, -0.15) is 0 Å². The average Bonchev–Trinajstić information content (AvgIpc) is 4.07. The standard InChI is InChI=1S/C64H43BN2O2/c1-3-5-19-41(4-2)42-34-36-45(37-35-42)66(53-29-17-32-56-59(53)48-25-13-15-31-55(48)68-56)46-38-39-51-58(40-46)69-57-33-18-30-54-61(57)65(51)52-28-16-26-49-60-63(67(54)62(49)52)47-24-12-14-27-50(47)64(60,43-20-8-6-9-21-43)44-22-10-7-11-23-44/h3-40H,1H2,2H3/b19-5-,41-4+. The van der Waals surface area contributed by atoms with E-state index < -0.39 is 5.41 Å². The first kappa shape index (κ1) is 39.4. The van der Waals surface area contributed by atoms with Gasteiger partial charge in [0.1, 0.15) is 22.7 Å². The molecule has 0 radical (unpaired) electrons. The summed E-state index contributed by atoms with van der Waals surface area (Å²) in [5, 5.41) is 3.40. The van der Waals surface area contributed by atoms with Crippen molar-refractivity contribution >= 4 is 78.6 Å². The van der Waals surface area contributed by atoms with Gasteiger partial charge in [0.2, 0.25) is 0 Å². The van der Waals surface area contributed by atoms with Crippen LogP contribution < -0.4 is 26.0 Å². The molecule has 4 heterocycles. The van der Waals surface area contributed by atoms with Gasteiger partial charge in [0.15, 0.2) is 0 Å². The van der Waals surface area contributed by atoms with Crippen LogP contribution in [0.15, 0.2) is 242 Å². The number of hydrogen-bond donors (Lipinski definition) is 0. The molecule has 4 nitrogen and oxygen atoms in total. The van der Waals surface area contributed by atoms with Gasteiger partial charge in [0.05, 0.1) is 22.2 Å². The molecule has 0 unspecified atom stereocenters. The van der Waals surface area contributed by atoms with Gasteiger partial charge in [0, 0.05) is 50.5 Å². The summed E-state index contributed by atoms with van der Waals surface area (Å²) in [6.07, 6.45) is 8.02. The normalized spacial score (nSPS) is 13.9. The van der Waals surface area contributed by atoms with Crippen molar-refractivity contribution in [2.75, 3.05) is 4.90 Å². The zero-order chi connectivity index (χ0) is 45.8. The minimum atomic E-state index is -0.542. The third-order valence-corrected chi connectivity index (χ3v) is 14.9. The number of allylic oxidation sites excluding steroid dienone is 5. The quantitative estimate of drug-likeness (QED) is 0.113. The second-order valence-electron chi connectivity index (χ2n) is 18.2. The topological polar surface area (TPSA) is 30.5 Å². The molecule has 0 N–H and O–H groups in total. The Bertz CT molecular complexity index is 3930. The average molecular weight is 883 g/mol. The fourth-order valence-electron chi connectivity index (χ4n) is 12.2. The number of hydrogen-bond acceptors (Lipinski definition) is 3. The van der Waals surface area contributed by atoms with Crippen LogP contribution in [0.3, 0.4) is 0 Å². The Morgan fingerprint density at radius 3 is 2.12 bits per heavy atom. The van der Waals surface area contributed by atoms with Crippen molar-refractivity contribution in [1.82, 2.24) is 4.57 Å². The number of anilines is 3. The number of furan rings is 1. The van der Waals surface area contributed by atoms with Gasteiger partial charge in [-0.1, -0.05) is 183 Å². The number of nitrogens with zero attached hydrogens (tertiary/aromatic N) is 2. The van der Waals surface area contributed by atoms with Crippen molar-refractivity contribution in [2.45, 2.75) is 12.3 Å². The predicted octanol–water partition coefficient (Wildman–Crippen LogP) is 14.4. The van der Waals surface area contributed by atoms with Crippen LogP contribution in [0.25, 0.3) is 55.4 Å². The van der Waals surface area contributed by atoms with E-state index in [0.717, 1.165) is 72.8 Å². The molecule has 11 aromatic rings. The molecule has 2 aliphatic heterocycles. The van der Waals surface area contributed by atoms with E-state index in [9.17, 15) is 0 Å². The van der Waals surface area contributed by atoms with Crippen LogP contribution in [0.1, 0.15) is 34.7 Å². The highest BCUT2D eigenvalue weighted by Crippen LogP contribution is 2.60. The Morgan fingerprint density at radius 2 is 1.32 bits per heavy atom. The van der Waals surface area contributed by atoms with E-state index in [2.05, 4.69) is 229 Å². The second-order valence-corrected chi connectivity index (χ2v) is 18.2. The van der Waals surface area contributed by atoms with Crippen molar-refractivity contribution in [3.8, 4) is 28.4 Å². The molecule has 0 bridgehead atoms. The molecule has 5 heteroatoms. The monoisotopic (exact) mass is 882 g/mol. The van der Waals surface area contributed by atoms with Crippen LogP contribution in [0, 0.1) is 0 Å². The molecular weight excluding hydrogens is 840 g/mol. The second kappa shape index (κ2) is 15.1. The molecule has 0 atom stereocenters. The van der Waals surface area contributed by atoms with Gasteiger partial charge in [-0.05, 0) is 99.7 Å². The molecule has 0 amide bonds. The fraction of sp³-hybridized carbons (Fsp3) is 0.0312. The number of rotatable bonds is 8. The summed E-state index contributed by atoms with van der Waals surface area (Å²) in [6, 6.07) is 75.2. The van der Waals surface area contributed by atoms with Gasteiger partial charge in [-0.3, -0.25) is 0 Å². The first-order valence-corrected chi connectivity index (χ1v) is 23.8. The third kappa shape index (κ3) is 5.47. The number of fused-ring (bicyclic) bond motifs is 12. The number of aromatic nitrogens is 1. The van der Waals surface area contributed by atoms with E-state index in [0.29, 0.717) is 0 Å². The maximum Gasteiger partial charge on any atom is 0.256 e. The van der Waals surface area contributed by atoms with Crippen LogP contribution in [0.5, 0.6) is 11.5 Å². The van der Waals surface area contributed by atoms with Crippen molar-refractivity contribution in [3.05, 3.63) is 265 Å². The molecule has 0 saturated heterocycles. The van der Waals surface area contributed by atoms with Gasteiger partial charge < -0.3 is 18.6 Å². The zero-order valence-electron chi connectivity index (χ0n) is 37.9. The van der Waals surface area contributed by atoms with E-state index in [1.807, 2.05) is 24.3 Å². The lowest BCUT2D eigenvalue weighted by atomic mass is 9.34. The van der Waals surface area contributed by atoms with Crippen molar-refractivity contribution in [1.29, 1.82) is 0 Å². The highest BCUT2D eigenvalue weighted by Gasteiger charge is 2.51. The minimum absolute atomic E-state index is 0.0600. The first-order valence-electron chi connectivity index (χ1n) is 23.8. The number of benzene rings is 9. The lowest BCUT2D eigenvalue weighted by Gasteiger charge is -2.35. The molecule has 0 saturated carbocycles. The maximum absolute atomic E-state index is 7.21. The minimum Gasteiger partial charge on any atom is -0.458 e. The molecule has 0 fully saturated rings. The maximum atomic E-state index is 7.21. The summed E-state index contributed by atoms with van der Waals surface area (Å²) in [5.74, 6) is 1.72. The summed E-state index contributed by atoms with van der Waals surface area (Å²) in [6.45, 7) is 5.90. The Morgan fingerprint density at radius 1 is 0.623 bits per heavy atom. The first-order chi connectivity index (χ1) is 34.2. The highest BCUT2D eigenvalue weighted by molar-refractivity contribution is 6.99. The van der Waals surface area contributed by atoms with Crippen LogP contribution in [0.2, 0.25) is 0 Å². The summed E-state index contributed by atoms with van der Waals surface area (Å²) >= 11 is 0. The van der Waals surface area contributed by atoms with Crippen molar-refractivity contribution in [3.63, 3.8) is 0 Å². The van der Waals surface area contributed by atoms with E-state index in [-0.39, 0.29) is 6.71 Å². The zero-order valence-corrected chi connectivity index (χ0v) is 37.9. The number of para-hydroxylation sites is 2. The van der Waals surface area contributed by atoms with Crippen molar-refractivity contribution in [2.24, 2.45) is 0 Å². The molecule has 14 rings (SSSR count). The Labute approximate surface area is 401 Å². The highest BCUT2D eigenvalue weighted by atomic mass is 16.5. The Kier molecular flexibility index (Phi) is 8.62. The van der Waals surface area contributed by atoms with Gasteiger partial charge >= 0.3 is 0 Å². The molecule has 9 aromatic carbocycles. The van der Waals surface area contributed by atoms with Crippen molar-refractivity contribution < 1.29 is 9.15 Å². The van der Waals surface area contributed by atoms with E-state index in [4.69, 9.17) is 9.15 Å². The molecule has 0 spiro atoms. The molecule has 69 heavy (non-hydrogen) atoms. The molecule has 3 aliphatic rings.